The summed E-state index contributed by atoms with van der Waals surface area (Å²) in [6.07, 6.45) is 0. The molecule has 3 nitrogen and oxygen atoms in total. The Hall–Kier alpha value is -1.52. The van der Waals surface area contributed by atoms with Crippen LogP contribution < -0.4 is 9.47 Å². The Labute approximate surface area is 120 Å². The molecule has 1 heterocycles. The summed E-state index contributed by atoms with van der Waals surface area (Å²) in [4.78, 5) is 13.0. The molecule has 0 spiro atoms. The number of hydrogen-bond acceptors (Lipinski definition) is 4. The Morgan fingerprint density at radius 1 is 1.21 bits per heavy atom. The summed E-state index contributed by atoms with van der Waals surface area (Å²) in [6, 6.07) is 5.19. The van der Waals surface area contributed by atoms with Crippen molar-refractivity contribution in [3.05, 3.63) is 44.6 Å². The van der Waals surface area contributed by atoms with Gasteiger partial charge < -0.3 is 9.47 Å². The van der Waals surface area contributed by atoms with Gasteiger partial charge in [-0.15, -0.1) is 11.3 Å². The highest BCUT2D eigenvalue weighted by molar-refractivity contribution is 7.13. The number of carbonyl (C=O) groups is 1. The van der Waals surface area contributed by atoms with Gasteiger partial charge in [-0.25, -0.2) is 0 Å². The summed E-state index contributed by atoms with van der Waals surface area (Å²) in [5.41, 5.74) is 1.40. The lowest BCUT2D eigenvalue weighted by Crippen LogP contribution is -2.04. The predicted octanol–water partition coefficient (Wildman–Crippen LogP) is 3.96. The smallest absolute Gasteiger partial charge is 0.204 e. The molecule has 0 aliphatic rings. The maximum atomic E-state index is 12.4. The van der Waals surface area contributed by atoms with Crippen LogP contribution in [0, 0.1) is 6.92 Å². The molecule has 19 heavy (non-hydrogen) atoms. The summed E-state index contributed by atoms with van der Waals surface area (Å²) < 4.78 is 10.4. The van der Waals surface area contributed by atoms with E-state index in [1.165, 1.54) is 11.3 Å². The van der Waals surface area contributed by atoms with Crippen molar-refractivity contribution in [1.29, 1.82) is 0 Å². The van der Waals surface area contributed by atoms with Gasteiger partial charge in [0.15, 0.2) is 11.5 Å². The molecule has 0 fully saturated rings. The van der Waals surface area contributed by atoms with E-state index < -0.39 is 0 Å². The average molecular weight is 297 g/mol. The van der Waals surface area contributed by atoms with Gasteiger partial charge in [0.05, 0.1) is 24.1 Å². The Morgan fingerprint density at radius 2 is 1.84 bits per heavy atom. The van der Waals surface area contributed by atoms with Crippen molar-refractivity contribution in [1.82, 2.24) is 0 Å². The van der Waals surface area contributed by atoms with Crippen molar-refractivity contribution in [3.8, 4) is 11.5 Å². The highest BCUT2D eigenvalue weighted by atomic mass is 35.5. The van der Waals surface area contributed by atoms with E-state index in [1.807, 2.05) is 6.92 Å². The van der Waals surface area contributed by atoms with Crippen LogP contribution in [-0.2, 0) is 0 Å². The molecule has 0 saturated heterocycles. The van der Waals surface area contributed by atoms with Crippen LogP contribution in [0.1, 0.15) is 20.8 Å². The molecule has 2 rings (SSSR count). The molecule has 2 aromatic rings. The first-order chi connectivity index (χ1) is 9.08. The third-order valence-corrected chi connectivity index (χ3v) is 4.14. The van der Waals surface area contributed by atoms with Gasteiger partial charge in [-0.3, -0.25) is 4.79 Å². The van der Waals surface area contributed by atoms with Crippen LogP contribution in [0.3, 0.4) is 0 Å². The molecule has 0 atom stereocenters. The van der Waals surface area contributed by atoms with Crippen molar-refractivity contribution in [2.75, 3.05) is 14.2 Å². The summed E-state index contributed by atoms with van der Waals surface area (Å²) in [6.45, 7) is 1.86. The largest absolute Gasteiger partial charge is 0.493 e. The summed E-state index contributed by atoms with van der Waals surface area (Å²) in [7, 11) is 3.11. The summed E-state index contributed by atoms with van der Waals surface area (Å²) >= 11 is 7.33. The molecule has 5 heteroatoms. The second-order valence-electron chi connectivity index (χ2n) is 3.95. The highest BCUT2D eigenvalue weighted by Crippen LogP contribution is 2.33. The number of methoxy groups -OCH3 is 2. The van der Waals surface area contributed by atoms with Gasteiger partial charge in [-0.2, -0.15) is 0 Å². The number of halogens is 1. The first-order valence-corrected chi connectivity index (χ1v) is 6.84. The van der Waals surface area contributed by atoms with Crippen molar-refractivity contribution in [2.24, 2.45) is 0 Å². The minimum absolute atomic E-state index is 0.0987. The van der Waals surface area contributed by atoms with Crippen LogP contribution in [0.25, 0.3) is 0 Å². The molecule has 0 bridgehead atoms. The van der Waals surface area contributed by atoms with E-state index in [4.69, 9.17) is 21.1 Å². The first kappa shape index (κ1) is 13.9. The molecule has 0 unspecified atom stereocenters. The Kier molecular flexibility index (Phi) is 4.12. The molecule has 0 radical (unpaired) electrons. The molecule has 1 aromatic heterocycles. The number of ketones is 1. The van der Waals surface area contributed by atoms with Crippen LogP contribution in [0.4, 0.5) is 0 Å². The van der Waals surface area contributed by atoms with Crippen LogP contribution >= 0.6 is 22.9 Å². The number of hydrogen-bond donors (Lipinski definition) is 0. The topological polar surface area (TPSA) is 35.5 Å². The summed E-state index contributed by atoms with van der Waals surface area (Å²) in [5, 5.41) is 2.27. The third kappa shape index (κ3) is 2.60. The van der Waals surface area contributed by atoms with E-state index in [-0.39, 0.29) is 5.78 Å². The molecule has 1 aromatic carbocycles. The normalized spacial score (nSPS) is 10.3. The van der Waals surface area contributed by atoms with Crippen LogP contribution in [-0.4, -0.2) is 20.0 Å². The number of benzene rings is 1. The van der Waals surface area contributed by atoms with Gasteiger partial charge in [0, 0.05) is 5.56 Å². The van der Waals surface area contributed by atoms with Gasteiger partial charge in [-0.1, -0.05) is 11.6 Å². The molecule has 0 N–H and O–H groups in total. The predicted molar refractivity (Wildman–Crippen MR) is 77.0 cm³/mol. The molecular weight excluding hydrogens is 284 g/mol. The zero-order valence-corrected chi connectivity index (χ0v) is 12.4. The van der Waals surface area contributed by atoms with Gasteiger partial charge in [-0.05, 0) is 36.1 Å². The number of rotatable bonds is 4. The lowest BCUT2D eigenvalue weighted by Gasteiger charge is -2.11. The average Bonchev–Trinajstić information content (AvgIpc) is 2.83. The number of ether oxygens (including phenoxy) is 2. The second kappa shape index (κ2) is 5.63. The SMILES string of the molecule is COc1cc(C)c(C(=O)c2sccc2Cl)cc1OC. The highest BCUT2D eigenvalue weighted by Gasteiger charge is 2.19. The van der Waals surface area contributed by atoms with Gasteiger partial charge in [0.2, 0.25) is 5.78 Å². The minimum atomic E-state index is -0.0987. The standard InChI is InChI=1S/C14H13ClO3S/c1-8-6-11(17-2)12(18-3)7-9(8)13(16)14-10(15)4-5-19-14/h4-7H,1-3H3. The molecule has 0 aliphatic carbocycles. The molecule has 0 saturated carbocycles. The maximum Gasteiger partial charge on any atom is 0.204 e. The van der Waals surface area contributed by atoms with E-state index >= 15 is 0 Å². The molecular formula is C14H13ClO3S. The lowest BCUT2D eigenvalue weighted by atomic mass is 10.0. The second-order valence-corrected chi connectivity index (χ2v) is 5.27. The van der Waals surface area contributed by atoms with Crippen molar-refractivity contribution in [2.45, 2.75) is 6.92 Å². The fraction of sp³-hybridized carbons (Fsp3) is 0.214. The van der Waals surface area contributed by atoms with Crippen LogP contribution in [0.2, 0.25) is 5.02 Å². The molecule has 0 amide bonds. The zero-order chi connectivity index (χ0) is 14.0. The van der Waals surface area contributed by atoms with Crippen LogP contribution in [0.15, 0.2) is 23.6 Å². The fourth-order valence-electron chi connectivity index (χ4n) is 1.80. The number of carbonyl (C=O) groups excluding carboxylic acids is 1. The number of aryl methyl sites for hydroxylation is 1. The fourth-order valence-corrected chi connectivity index (χ4v) is 2.90. The monoisotopic (exact) mass is 296 g/mol. The molecule has 100 valence electrons. The van der Waals surface area contributed by atoms with Crippen molar-refractivity contribution in [3.63, 3.8) is 0 Å². The molecule has 0 aliphatic heterocycles. The van der Waals surface area contributed by atoms with Gasteiger partial charge in [0.25, 0.3) is 0 Å². The first-order valence-electron chi connectivity index (χ1n) is 5.58. The minimum Gasteiger partial charge on any atom is -0.493 e. The number of thiophene rings is 1. The van der Waals surface area contributed by atoms with Crippen molar-refractivity contribution >= 4 is 28.7 Å². The lowest BCUT2D eigenvalue weighted by molar-refractivity contribution is 0.104. The van der Waals surface area contributed by atoms with Gasteiger partial charge >= 0.3 is 0 Å². The van der Waals surface area contributed by atoms with Crippen molar-refractivity contribution < 1.29 is 14.3 Å². The van der Waals surface area contributed by atoms with E-state index in [0.29, 0.717) is 27.0 Å². The quantitative estimate of drug-likeness (QED) is 0.801. The van der Waals surface area contributed by atoms with Gasteiger partial charge in [0.1, 0.15) is 0 Å². The van der Waals surface area contributed by atoms with E-state index in [0.717, 1.165) is 5.56 Å². The van der Waals surface area contributed by atoms with Crippen LogP contribution in [0.5, 0.6) is 11.5 Å². The Bertz CT molecular complexity index is 619. The third-order valence-electron chi connectivity index (χ3n) is 2.80. The van der Waals surface area contributed by atoms with E-state index in [9.17, 15) is 4.79 Å². The zero-order valence-electron chi connectivity index (χ0n) is 10.8. The Morgan fingerprint density at radius 3 is 2.37 bits per heavy atom. The summed E-state index contributed by atoms with van der Waals surface area (Å²) in [5.74, 6) is 1.04. The van der Waals surface area contributed by atoms with E-state index in [1.54, 1.807) is 37.8 Å². The Balaban J connectivity index is 2.51. The maximum absolute atomic E-state index is 12.4. The van der Waals surface area contributed by atoms with E-state index in [2.05, 4.69) is 0 Å².